The average molecular weight is 315 g/mol. The molecule has 2 rings (SSSR count). The Morgan fingerprint density at radius 1 is 1.20 bits per heavy atom. The van der Waals surface area contributed by atoms with Gasteiger partial charge in [-0.15, -0.1) is 0 Å². The van der Waals surface area contributed by atoms with E-state index in [0.717, 1.165) is 0 Å². The van der Waals surface area contributed by atoms with Crippen LogP contribution in [0.1, 0.15) is 5.56 Å². The van der Waals surface area contributed by atoms with Gasteiger partial charge < -0.3 is 5.32 Å². The maximum Gasteiger partial charge on any atom is 0.288 e. The van der Waals surface area contributed by atoms with Crippen molar-refractivity contribution in [2.45, 2.75) is 6.54 Å². The predicted molar refractivity (Wildman–Crippen MR) is 76.8 cm³/mol. The Kier molecular flexibility index (Phi) is 4.42. The molecule has 1 N–H and O–H groups in total. The van der Waals surface area contributed by atoms with Crippen LogP contribution in [0.3, 0.4) is 0 Å². The van der Waals surface area contributed by atoms with Gasteiger partial charge in [0.15, 0.2) is 0 Å². The highest BCUT2D eigenvalue weighted by Gasteiger charge is 2.11. The molecular formula is C13H9Cl2FN2O2. The van der Waals surface area contributed by atoms with Crippen LogP contribution >= 0.6 is 23.2 Å². The monoisotopic (exact) mass is 314 g/mol. The second kappa shape index (κ2) is 6.07. The van der Waals surface area contributed by atoms with E-state index in [-0.39, 0.29) is 10.7 Å². The minimum Gasteiger partial charge on any atom is -0.381 e. The van der Waals surface area contributed by atoms with Gasteiger partial charge in [0.25, 0.3) is 5.69 Å². The number of hydrogen-bond donors (Lipinski definition) is 1. The Balaban J connectivity index is 2.11. The molecule has 0 aliphatic carbocycles. The quantitative estimate of drug-likeness (QED) is 0.660. The molecule has 7 heteroatoms. The molecule has 4 nitrogen and oxygen atoms in total. The second-order valence-electron chi connectivity index (χ2n) is 4.05. The van der Waals surface area contributed by atoms with Crippen LogP contribution in [0.5, 0.6) is 0 Å². The van der Waals surface area contributed by atoms with Gasteiger partial charge in [0, 0.05) is 23.3 Å². The van der Waals surface area contributed by atoms with Crippen molar-refractivity contribution in [1.29, 1.82) is 0 Å². The lowest BCUT2D eigenvalue weighted by atomic mass is 10.2. The van der Waals surface area contributed by atoms with Gasteiger partial charge >= 0.3 is 0 Å². The SMILES string of the molecule is O=[N+]([O-])c1ccc(NCc2cc(F)cc(Cl)c2)cc1Cl. The highest BCUT2D eigenvalue weighted by Crippen LogP contribution is 2.27. The van der Waals surface area contributed by atoms with Crippen LogP contribution in [0, 0.1) is 15.9 Å². The van der Waals surface area contributed by atoms with Crippen LogP contribution in [-0.2, 0) is 6.54 Å². The molecule has 0 fully saturated rings. The Labute approximate surface area is 124 Å². The van der Waals surface area contributed by atoms with Crippen LogP contribution in [-0.4, -0.2) is 4.92 Å². The molecule has 0 heterocycles. The number of benzene rings is 2. The van der Waals surface area contributed by atoms with Gasteiger partial charge in [-0.2, -0.15) is 0 Å². The number of nitro benzene ring substituents is 1. The van der Waals surface area contributed by atoms with Gasteiger partial charge in [0.1, 0.15) is 10.8 Å². The van der Waals surface area contributed by atoms with Crippen molar-refractivity contribution in [3.8, 4) is 0 Å². The van der Waals surface area contributed by atoms with E-state index in [0.29, 0.717) is 22.8 Å². The van der Waals surface area contributed by atoms with E-state index in [1.54, 1.807) is 6.07 Å². The summed E-state index contributed by atoms with van der Waals surface area (Å²) in [5.41, 5.74) is 1.09. The molecule has 0 spiro atoms. The lowest BCUT2D eigenvalue weighted by Crippen LogP contribution is -2.00. The largest absolute Gasteiger partial charge is 0.381 e. The van der Waals surface area contributed by atoms with Crippen molar-refractivity contribution in [3.05, 3.63) is 67.9 Å². The fourth-order valence-corrected chi connectivity index (χ4v) is 2.18. The summed E-state index contributed by atoms with van der Waals surface area (Å²) >= 11 is 11.5. The van der Waals surface area contributed by atoms with E-state index in [2.05, 4.69) is 5.32 Å². The zero-order chi connectivity index (χ0) is 14.7. The highest BCUT2D eigenvalue weighted by atomic mass is 35.5. The Morgan fingerprint density at radius 2 is 1.95 bits per heavy atom. The minimum atomic E-state index is -0.557. The lowest BCUT2D eigenvalue weighted by molar-refractivity contribution is -0.384. The summed E-state index contributed by atoms with van der Waals surface area (Å²) in [6.45, 7) is 0.325. The highest BCUT2D eigenvalue weighted by molar-refractivity contribution is 6.33. The molecule has 0 radical (unpaired) electrons. The van der Waals surface area contributed by atoms with Gasteiger partial charge in [0.2, 0.25) is 0 Å². The number of nitro groups is 1. The maximum atomic E-state index is 13.2. The summed E-state index contributed by atoms with van der Waals surface area (Å²) in [6.07, 6.45) is 0. The molecule has 0 bridgehead atoms. The average Bonchev–Trinajstić information content (AvgIpc) is 2.35. The van der Waals surface area contributed by atoms with Crippen molar-refractivity contribution in [3.63, 3.8) is 0 Å². The molecule has 20 heavy (non-hydrogen) atoms. The third-order valence-electron chi connectivity index (χ3n) is 2.56. The first kappa shape index (κ1) is 14.6. The lowest BCUT2D eigenvalue weighted by Gasteiger charge is -2.07. The van der Waals surface area contributed by atoms with Crippen LogP contribution < -0.4 is 5.32 Å². The number of anilines is 1. The van der Waals surface area contributed by atoms with Gasteiger partial charge in [-0.05, 0) is 35.9 Å². The normalized spacial score (nSPS) is 10.3. The molecular weight excluding hydrogens is 306 g/mol. The molecule has 104 valence electrons. The summed E-state index contributed by atoms with van der Waals surface area (Å²) in [5.74, 6) is -0.420. The predicted octanol–water partition coefficient (Wildman–Crippen LogP) is 4.65. The van der Waals surface area contributed by atoms with E-state index < -0.39 is 10.7 Å². The first-order valence-electron chi connectivity index (χ1n) is 5.58. The first-order chi connectivity index (χ1) is 9.45. The van der Waals surface area contributed by atoms with Crippen molar-refractivity contribution in [2.24, 2.45) is 0 Å². The van der Waals surface area contributed by atoms with Crippen LogP contribution in [0.25, 0.3) is 0 Å². The molecule has 0 aromatic heterocycles. The van der Waals surface area contributed by atoms with Crippen molar-refractivity contribution in [1.82, 2.24) is 0 Å². The van der Waals surface area contributed by atoms with E-state index in [1.165, 1.54) is 30.3 Å². The molecule has 0 saturated carbocycles. The minimum absolute atomic E-state index is 0.0391. The van der Waals surface area contributed by atoms with Gasteiger partial charge in [-0.25, -0.2) is 4.39 Å². The molecule has 0 unspecified atom stereocenters. The second-order valence-corrected chi connectivity index (χ2v) is 4.90. The molecule has 0 aliphatic rings. The van der Waals surface area contributed by atoms with E-state index in [9.17, 15) is 14.5 Å². The van der Waals surface area contributed by atoms with E-state index in [4.69, 9.17) is 23.2 Å². The number of rotatable bonds is 4. The molecule has 0 atom stereocenters. The van der Waals surface area contributed by atoms with E-state index >= 15 is 0 Å². The number of hydrogen-bond acceptors (Lipinski definition) is 3. The van der Waals surface area contributed by atoms with Gasteiger partial charge in [-0.1, -0.05) is 23.2 Å². The summed E-state index contributed by atoms with van der Waals surface area (Å²) in [5, 5.41) is 14.0. The molecule has 0 aliphatic heterocycles. The van der Waals surface area contributed by atoms with Crippen molar-refractivity contribution < 1.29 is 9.31 Å². The van der Waals surface area contributed by atoms with Crippen LogP contribution in [0.15, 0.2) is 36.4 Å². The van der Waals surface area contributed by atoms with E-state index in [1.807, 2.05) is 0 Å². The zero-order valence-corrected chi connectivity index (χ0v) is 11.6. The summed E-state index contributed by atoms with van der Waals surface area (Å²) in [4.78, 5) is 10.1. The molecule has 2 aromatic rings. The fraction of sp³-hybridized carbons (Fsp3) is 0.0769. The molecule has 0 amide bonds. The van der Waals surface area contributed by atoms with Crippen LogP contribution in [0.2, 0.25) is 10.0 Å². The van der Waals surface area contributed by atoms with Crippen molar-refractivity contribution in [2.75, 3.05) is 5.32 Å². The Morgan fingerprint density at radius 3 is 2.55 bits per heavy atom. The third kappa shape index (κ3) is 3.59. The first-order valence-corrected chi connectivity index (χ1v) is 6.34. The summed E-state index contributed by atoms with van der Waals surface area (Å²) in [6, 6.07) is 8.49. The Hall–Kier alpha value is -1.85. The summed E-state index contributed by atoms with van der Waals surface area (Å²) in [7, 11) is 0. The summed E-state index contributed by atoms with van der Waals surface area (Å²) < 4.78 is 13.2. The smallest absolute Gasteiger partial charge is 0.288 e. The standard InChI is InChI=1S/C13H9Cl2FN2O2/c14-9-3-8(4-10(16)5-9)7-17-11-1-2-13(18(19)20)12(15)6-11/h1-6,17H,7H2. The number of halogens is 3. The third-order valence-corrected chi connectivity index (χ3v) is 3.08. The topological polar surface area (TPSA) is 55.2 Å². The fourth-order valence-electron chi connectivity index (χ4n) is 1.68. The van der Waals surface area contributed by atoms with Crippen LogP contribution in [0.4, 0.5) is 15.8 Å². The zero-order valence-electron chi connectivity index (χ0n) is 10.1. The number of nitrogens with one attached hydrogen (secondary N) is 1. The molecule has 0 saturated heterocycles. The maximum absolute atomic E-state index is 13.2. The van der Waals surface area contributed by atoms with Crippen molar-refractivity contribution >= 4 is 34.6 Å². The number of nitrogens with zero attached hydrogens (tertiary/aromatic N) is 1. The van der Waals surface area contributed by atoms with Gasteiger partial charge in [0.05, 0.1) is 4.92 Å². The van der Waals surface area contributed by atoms with Gasteiger partial charge in [-0.3, -0.25) is 10.1 Å². The Bertz CT molecular complexity index is 645. The molecule has 2 aromatic carbocycles.